The lowest BCUT2D eigenvalue weighted by molar-refractivity contribution is -0.139. The van der Waals surface area contributed by atoms with Gasteiger partial charge in [-0.15, -0.1) is 0 Å². The zero-order chi connectivity index (χ0) is 24.3. The van der Waals surface area contributed by atoms with Crippen LogP contribution in [0.5, 0.6) is 11.5 Å². The van der Waals surface area contributed by atoms with E-state index >= 15 is 0 Å². The minimum Gasteiger partial charge on any atom is -0.493 e. The number of carbonyl (C=O) groups excluding carboxylic acids is 2. The molecule has 0 bridgehead atoms. The number of ether oxygens (including phenoxy) is 4. The minimum absolute atomic E-state index is 0.296. The van der Waals surface area contributed by atoms with Gasteiger partial charge in [-0.1, -0.05) is 64.0 Å². The van der Waals surface area contributed by atoms with E-state index in [2.05, 4.69) is 6.58 Å². The quantitative estimate of drug-likeness (QED) is 0.146. The van der Waals surface area contributed by atoms with Gasteiger partial charge >= 0.3 is 11.9 Å². The third kappa shape index (κ3) is 13.4. The molecule has 0 spiro atoms. The Morgan fingerprint density at radius 2 is 1.30 bits per heavy atom. The van der Waals surface area contributed by atoms with Crippen molar-refractivity contribution in [3.8, 4) is 11.5 Å². The van der Waals surface area contributed by atoms with Crippen molar-refractivity contribution in [1.82, 2.24) is 0 Å². The van der Waals surface area contributed by atoms with Gasteiger partial charge in [0.15, 0.2) is 11.5 Å². The molecule has 6 heteroatoms. The molecule has 0 radical (unpaired) electrons. The fraction of sp³-hybridized carbons (Fsp3) is 0.556. The van der Waals surface area contributed by atoms with Gasteiger partial charge in [0.1, 0.15) is 0 Å². The Hall–Kier alpha value is -2.76. The molecule has 0 saturated carbocycles. The van der Waals surface area contributed by atoms with Gasteiger partial charge in [-0.3, -0.25) is 0 Å². The predicted octanol–water partition coefficient (Wildman–Crippen LogP) is 6.28. The first-order chi connectivity index (χ1) is 16.0. The van der Waals surface area contributed by atoms with E-state index in [4.69, 9.17) is 18.9 Å². The van der Waals surface area contributed by atoms with E-state index in [1.54, 1.807) is 33.3 Å². The van der Waals surface area contributed by atoms with Crippen LogP contribution >= 0.6 is 0 Å². The monoisotopic (exact) mass is 460 g/mol. The summed E-state index contributed by atoms with van der Waals surface area (Å²) < 4.78 is 20.8. The Morgan fingerprint density at radius 3 is 1.82 bits per heavy atom. The van der Waals surface area contributed by atoms with E-state index in [-0.39, 0.29) is 11.9 Å². The highest BCUT2D eigenvalue weighted by atomic mass is 16.5. The molecule has 184 valence electrons. The highest BCUT2D eigenvalue weighted by molar-refractivity contribution is 5.87. The van der Waals surface area contributed by atoms with Gasteiger partial charge in [0.25, 0.3) is 0 Å². The standard InChI is InChI=1S/C27H40O6/c1-22(2)27(29)33-20-14-12-10-8-6-5-7-9-11-13-19-32-26(28)18-16-23-15-17-24(30-3)25(21-23)31-4/h15-18,21H,1,5-14,19-20H2,2-4H3/b18-16+. The third-order valence-electron chi connectivity index (χ3n) is 5.18. The summed E-state index contributed by atoms with van der Waals surface area (Å²) in [6, 6.07) is 5.46. The zero-order valence-corrected chi connectivity index (χ0v) is 20.5. The van der Waals surface area contributed by atoms with Crippen LogP contribution in [-0.4, -0.2) is 39.4 Å². The van der Waals surface area contributed by atoms with Crippen LogP contribution in [-0.2, 0) is 19.1 Å². The van der Waals surface area contributed by atoms with Crippen LogP contribution in [0.25, 0.3) is 6.08 Å². The second-order valence-corrected chi connectivity index (χ2v) is 8.07. The summed E-state index contributed by atoms with van der Waals surface area (Å²) >= 11 is 0. The number of carbonyl (C=O) groups is 2. The summed E-state index contributed by atoms with van der Waals surface area (Å²) in [5, 5.41) is 0. The SMILES string of the molecule is C=C(C)C(=O)OCCCCCCCCCCCCOC(=O)/C=C/c1ccc(OC)c(OC)c1. The molecule has 0 aliphatic heterocycles. The van der Waals surface area contributed by atoms with Gasteiger partial charge in [-0.2, -0.15) is 0 Å². The van der Waals surface area contributed by atoms with E-state index in [1.165, 1.54) is 38.2 Å². The normalized spacial score (nSPS) is 10.8. The fourth-order valence-corrected chi connectivity index (χ4v) is 3.25. The molecular formula is C27H40O6. The molecule has 33 heavy (non-hydrogen) atoms. The maximum absolute atomic E-state index is 11.9. The molecule has 0 heterocycles. The van der Waals surface area contributed by atoms with Crippen LogP contribution in [0.4, 0.5) is 0 Å². The molecule has 0 aromatic heterocycles. The van der Waals surface area contributed by atoms with E-state index in [0.717, 1.165) is 37.7 Å². The highest BCUT2D eigenvalue weighted by Gasteiger charge is 2.04. The predicted molar refractivity (Wildman–Crippen MR) is 131 cm³/mol. The van der Waals surface area contributed by atoms with Gasteiger partial charge in [-0.05, 0) is 43.5 Å². The molecule has 0 atom stereocenters. The largest absolute Gasteiger partial charge is 0.493 e. The average Bonchev–Trinajstić information content (AvgIpc) is 2.82. The molecular weight excluding hydrogens is 420 g/mol. The van der Waals surface area contributed by atoms with E-state index in [1.807, 2.05) is 12.1 Å². The van der Waals surface area contributed by atoms with Crippen LogP contribution < -0.4 is 9.47 Å². The number of hydrogen-bond donors (Lipinski definition) is 0. The number of esters is 2. The molecule has 1 aromatic carbocycles. The topological polar surface area (TPSA) is 71.1 Å². The van der Waals surface area contributed by atoms with Crippen molar-refractivity contribution in [3.05, 3.63) is 42.0 Å². The van der Waals surface area contributed by atoms with Crippen molar-refractivity contribution in [1.29, 1.82) is 0 Å². The second kappa shape index (κ2) is 17.8. The van der Waals surface area contributed by atoms with Gasteiger partial charge in [0.2, 0.25) is 0 Å². The van der Waals surface area contributed by atoms with Crippen molar-refractivity contribution >= 4 is 18.0 Å². The lowest BCUT2D eigenvalue weighted by Crippen LogP contribution is -2.05. The maximum Gasteiger partial charge on any atom is 0.333 e. The van der Waals surface area contributed by atoms with Crippen LogP contribution in [0.15, 0.2) is 36.4 Å². The Morgan fingerprint density at radius 1 is 0.788 bits per heavy atom. The first kappa shape index (κ1) is 28.3. The fourth-order valence-electron chi connectivity index (χ4n) is 3.25. The van der Waals surface area contributed by atoms with Crippen LogP contribution in [0, 0.1) is 0 Å². The number of unbranched alkanes of at least 4 members (excludes halogenated alkanes) is 9. The van der Waals surface area contributed by atoms with Crippen LogP contribution in [0.1, 0.15) is 76.7 Å². The van der Waals surface area contributed by atoms with Gasteiger partial charge in [0, 0.05) is 11.6 Å². The zero-order valence-electron chi connectivity index (χ0n) is 20.5. The van der Waals surface area contributed by atoms with Crippen LogP contribution in [0.3, 0.4) is 0 Å². The van der Waals surface area contributed by atoms with Crippen molar-refractivity contribution < 1.29 is 28.5 Å². The first-order valence-corrected chi connectivity index (χ1v) is 11.9. The second-order valence-electron chi connectivity index (χ2n) is 8.07. The van der Waals surface area contributed by atoms with E-state index in [0.29, 0.717) is 30.3 Å². The summed E-state index contributed by atoms with van der Waals surface area (Å²) in [7, 11) is 3.16. The first-order valence-electron chi connectivity index (χ1n) is 11.9. The number of benzene rings is 1. The smallest absolute Gasteiger partial charge is 0.333 e. The Bertz CT molecular complexity index is 753. The number of methoxy groups -OCH3 is 2. The number of rotatable bonds is 18. The highest BCUT2D eigenvalue weighted by Crippen LogP contribution is 2.27. The average molecular weight is 461 g/mol. The van der Waals surface area contributed by atoms with Crippen molar-refractivity contribution in [3.63, 3.8) is 0 Å². The molecule has 0 aliphatic carbocycles. The summed E-state index contributed by atoms with van der Waals surface area (Å²) in [6.07, 6.45) is 14.4. The third-order valence-corrected chi connectivity index (χ3v) is 5.18. The Labute approximate surface area is 198 Å². The molecule has 1 aromatic rings. The summed E-state index contributed by atoms with van der Waals surface area (Å²) in [5.41, 5.74) is 1.30. The summed E-state index contributed by atoms with van der Waals surface area (Å²) in [6.45, 7) is 6.16. The lowest BCUT2D eigenvalue weighted by atomic mass is 10.1. The molecule has 0 N–H and O–H groups in total. The van der Waals surface area contributed by atoms with E-state index < -0.39 is 0 Å². The van der Waals surface area contributed by atoms with Gasteiger partial charge in [0.05, 0.1) is 27.4 Å². The molecule has 0 fully saturated rings. The Kier molecular flexibility index (Phi) is 15.2. The van der Waals surface area contributed by atoms with Gasteiger partial charge < -0.3 is 18.9 Å². The van der Waals surface area contributed by atoms with Crippen molar-refractivity contribution in [2.24, 2.45) is 0 Å². The van der Waals surface area contributed by atoms with Crippen molar-refractivity contribution in [2.45, 2.75) is 71.1 Å². The molecule has 6 nitrogen and oxygen atoms in total. The van der Waals surface area contributed by atoms with E-state index in [9.17, 15) is 9.59 Å². The Balaban J connectivity index is 1.97. The molecule has 0 saturated heterocycles. The maximum atomic E-state index is 11.9. The minimum atomic E-state index is -0.334. The summed E-state index contributed by atoms with van der Waals surface area (Å²) in [4.78, 5) is 23.1. The van der Waals surface area contributed by atoms with Crippen molar-refractivity contribution in [2.75, 3.05) is 27.4 Å². The van der Waals surface area contributed by atoms with Gasteiger partial charge in [-0.25, -0.2) is 9.59 Å². The van der Waals surface area contributed by atoms with Crippen LogP contribution in [0.2, 0.25) is 0 Å². The number of hydrogen-bond acceptors (Lipinski definition) is 6. The molecule has 0 unspecified atom stereocenters. The molecule has 1 rings (SSSR count). The lowest BCUT2D eigenvalue weighted by Gasteiger charge is -2.07. The molecule has 0 aliphatic rings. The summed E-state index contributed by atoms with van der Waals surface area (Å²) in [5.74, 6) is 0.640. The molecule has 0 amide bonds.